The molecule has 0 amide bonds. The second-order valence-electron chi connectivity index (χ2n) is 3.70. The minimum Gasteiger partial charge on any atom is -0.492 e. The maximum Gasteiger partial charge on any atom is 0.133 e. The van der Waals surface area contributed by atoms with Gasteiger partial charge in [0.05, 0.1) is 6.61 Å². The van der Waals surface area contributed by atoms with Crippen molar-refractivity contribution in [2.75, 3.05) is 6.61 Å². The molecule has 0 N–H and O–H groups in total. The molecule has 0 spiro atoms. The van der Waals surface area contributed by atoms with Crippen molar-refractivity contribution in [1.82, 2.24) is 0 Å². The van der Waals surface area contributed by atoms with Crippen LogP contribution >= 0.6 is 11.3 Å². The monoisotopic (exact) mass is 196 g/mol. The first kappa shape index (κ1) is 9.07. The van der Waals surface area contributed by atoms with Gasteiger partial charge in [0.25, 0.3) is 0 Å². The lowest BCUT2D eigenvalue weighted by Crippen LogP contribution is -2.04. The maximum atomic E-state index is 5.61. The number of hydrogen-bond donors (Lipinski definition) is 0. The summed E-state index contributed by atoms with van der Waals surface area (Å²) in [4.78, 5) is 2.95. The van der Waals surface area contributed by atoms with Crippen molar-refractivity contribution in [3.8, 4) is 5.75 Å². The summed E-state index contributed by atoms with van der Waals surface area (Å²) in [5.74, 6) is 1.85. The molecule has 13 heavy (non-hydrogen) atoms. The largest absolute Gasteiger partial charge is 0.492 e. The Balaban J connectivity index is 2.25. The number of hydrogen-bond acceptors (Lipinski definition) is 2. The zero-order valence-electron chi connectivity index (χ0n) is 8.30. The average molecular weight is 196 g/mol. The van der Waals surface area contributed by atoms with E-state index in [0.717, 1.165) is 12.4 Å². The lowest BCUT2D eigenvalue weighted by molar-refractivity contribution is 0.291. The van der Waals surface area contributed by atoms with Crippen LogP contribution in [0.5, 0.6) is 5.75 Å². The predicted molar refractivity (Wildman–Crippen MR) is 56.8 cm³/mol. The van der Waals surface area contributed by atoms with Gasteiger partial charge in [-0.3, -0.25) is 0 Å². The van der Waals surface area contributed by atoms with Crippen molar-refractivity contribution in [3.05, 3.63) is 15.8 Å². The molecule has 1 aliphatic heterocycles. The van der Waals surface area contributed by atoms with Crippen LogP contribution in [-0.2, 0) is 6.42 Å². The lowest BCUT2D eigenvalue weighted by atomic mass is 10.1. The minimum absolute atomic E-state index is 0.694. The maximum absolute atomic E-state index is 5.61. The molecule has 2 heteroatoms. The van der Waals surface area contributed by atoms with E-state index in [9.17, 15) is 0 Å². The molecule has 0 saturated heterocycles. The molecule has 0 bridgehead atoms. The van der Waals surface area contributed by atoms with E-state index in [1.54, 1.807) is 0 Å². The summed E-state index contributed by atoms with van der Waals surface area (Å²) in [7, 11) is 0. The third kappa shape index (κ3) is 1.73. The molecule has 0 fully saturated rings. The van der Waals surface area contributed by atoms with E-state index in [1.165, 1.54) is 29.0 Å². The number of fused-ring (bicyclic) bond motifs is 1. The molecule has 2 rings (SSSR count). The molecule has 72 valence electrons. The molecule has 1 nitrogen and oxygen atoms in total. The van der Waals surface area contributed by atoms with Crippen LogP contribution in [0.15, 0.2) is 6.07 Å². The van der Waals surface area contributed by atoms with Gasteiger partial charge in [0.15, 0.2) is 0 Å². The highest BCUT2D eigenvalue weighted by Crippen LogP contribution is 2.37. The van der Waals surface area contributed by atoms with Crippen LogP contribution in [0.25, 0.3) is 0 Å². The minimum atomic E-state index is 0.694. The molecule has 1 aromatic heterocycles. The standard InChI is InChI=1S/C11H16OS/c1-3-8(2)11-7-9-10(13-11)5-4-6-12-9/h7-8H,3-6H2,1-2H3/t8-/m1/s1. The Kier molecular flexibility index (Phi) is 2.58. The molecule has 0 aromatic carbocycles. The molecule has 0 unspecified atom stereocenters. The third-order valence-electron chi connectivity index (χ3n) is 2.69. The SMILES string of the molecule is CC[C@@H](C)c1cc2c(s1)CCCO2. The van der Waals surface area contributed by atoms with Crippen molar-refractivity contribution in [3.63, 3.8) is 0 Å². The smallest absolute Gasteiger partial charge is 0.133 e. The van der Waals surface area contributed by atoms with Gasteiger partial charge in [-0.2, -0.15) is 0 Å². The summed E-state index contributed by atoms with van der Waals surface area (Å²) in [6, 6.07) is 2.24. The predicted octanol–water partition coefficient (Wildman–Crippen LogP) is 3.59. The molecule has 0 saturated carbocycles. The van der Waals surface area contributed by atoms with E-state index in [2.05, 4.69) is 19.9 Å². The molecular weight excluding hydrogens is 180 g/mol. The zero-order valence-corrected chi connectivity index (χ0v) is 9.12. The van der Waals surface area contributed by atoms with Gasteiger partial charge < -0.3 is 4.74 Å². The van der Waals surface area contributed by atoms with Crippen LogP contribution in [0.4, 0.5) is 0 Å². The zero-order chi connectivity index (χ0) is 9.26. The Morgan fingerprint density at radius 3 is 3.15 bits per heavy atom. The summed E-state index contributed by atoms with van der Waals surface area (Å²) >= 11 is 1.94. The third-order valence-corrected chi connectivity index (χ3v) is 4.10. The second-order valence-corrected chi connectivity index (χ2v) is 4.87. The van der Waals surface area contributed by atoms with Gasteiger partial charge in [0, 0.05) is 9.75 Å². The van der Waals surface area contributed by atoms with Crippen molar-refractivity contribution >= 4 is 11.3 Å². The fourth-order valence-electron chi connectivity index (χ4n) is 1.59. The van der Waals surface area contributed by atoms with Crippen LogP contribution in [-0.4, -0.2) is 6.61 Å². The fourth-order valence-corrected chi connectivity index (χ4v) is 2.87. The van der Waals surface area contributed by atoms with E-state index >= 15 is 0 Å². The summed E-state index contributed by atoms with van der Waals surface area (Å²) in [5, 5.41) is 0. The van der Waals surface area contributed by atoms with Gasteiger partial charge in [-0.05, 0) is 31.2 Å². The summed E-state index contributed by atoms with van der Waals surface area (Å²) in [6.45, 7) is 5.44. The Morgan fingerprint density at radius 2 is 2.46 bits per heavy atom. The molecule has 1 atom stereocenters. The summed E-state index contributed by atoms with van der Waals surface area (Å²) < 4.78 is 5.61. The Morgan fingerprint density at radius 1 is 1.62 bits per heavy atom. The van der Waals surface area contributed by atoms with Crippen molar-refractivity contribution in [2.45, 2.75) is 39.0 Å². The van der Waals surface area contributed by atoms with E-state index in [4.69, 9.17) is 4.74 Å². The molecule has 1 aromatic rings. The number of aryl methyl sites for hydroxylation is 1. The van der Waals surface area contributed by atoms with Gasteiger partial charge in [-0.25, -0.2) is 0 Å². The van der Waals surface area contributed by atoms with Crippen LogP contribution < -0.4 is 4.74 Å². The number of thiophene rings is 1. The lowest BCUT2D eigenvalue weighted by Gasteiger charge is -2.11. The van der Waals surface area contributed by atoms with Gasteiger partial charge >= 0.3 is 0 Å². The van der Waals surface area contributed by atoms with Crippen LogP contribution in [0.3, 0.4) is 0 Å². The Hall–Kier alpha value is -0.500. The van der Waals surface area contributed by atoms with E-state index in [1.807, 2.05) is 11.3 Å². The highest BCUT2D eigenvalue weighted by Gasteiger charge is 2.16. The summed E-state index contributed by atoms with van der Waals surface area (Å²) in [6.07, 6.45) is 3.63. The first-order chi connectivity index (χ1) is 6.31. The van der Waals surface area contributed by atoms with Crippen LogP contribution in [0.2, 0.25) is 0 Å². The molecule has 1 aliphatic rings. The summed E-state index contributed by atoms with van der Waals surface area (Å²) in [5.41, 5.74) is 0. The first-order valence-electron chi connectivity index (χ1n) is 5.06. The van der Waals surface area contributed by atoms with Crippen LogP contribution in [0.1, 0.15) is 42.4 Å². The molecule has 2 heterocycles. The van der Waals surface area contributed by atoms with Gasteiger partial charge in [0.1, 0.15) is 5.75 Å². The van der Waals surface area contributed by atoms with Gasteiger partial charge in [-0.15, -0.1) is 11.3 Å². The highest BCUT2D eigenvalue weighted by molar-refractivity contribution is 7.12. The van der Waals surface area contributed by atoms with Crippen LogP contribution in [0, 0.1) is 0 Å². The van der Waals surface area contributed by atoms with Crippen molar-refractivity contribution < 1.29 is 4.74 Å². The second kappa shape index (κ2) is 3.70. The quantitative estimate of drug-likeness (QED) is 0.702. The van der Waals surface area contributed by atoms with E-state index in [-0.39, 0.29) is 0 Å². The Bertz CT molecular complexity index is 267. The molecule has 0 radical (unpaired) electrons. The van der Waals surface area contributed by atoms with E-state index in [0.29, 0.717) is 5.92 Å². The average Bonchev–Trinajstić information content (AvgIpc) is 2.59. The number of ether oxygens (including phenoxy) is 1. The normalized spacial score (nSPS) is 17.7. The first-order valence-corrected chi connectivity index (χ1v) is 5.88. The van der Waals surface area contributed by atoms with E-state index < -0.39 is 0 Å². The molecule has 0 aliphatic carbocycles. The number of rotatable bonds is 2. The Labute approximate surface area is 83.7 Å². The fraction of sp³-hybridized carbons (Fsp3) is 0.636. The van der Waals surface area contributed by atoms with Crippen molar-refractivity contribution in [1.29, 1.82) is 0 Å². The topological polar surface area (TPSA) is 9.23 Å². The van der Waals surface area contributed by atoms with Gasteiger partial charge in [-0.1, -0.05) is 13.8 Å². The molecular formula is C11H16OS. The van der Waals surface area contributed by atoms with Crippen molar-refractivity contribution in [2.24, 2.45) is 0 Å². The highest BCUT2D eigenvalue weighted by atomic mass is 32.1. The van der Waals surface area contributed by atoms with Gasteiger partial charge in [0.2, 0.25) is 0 Å².